The van der Waals surface area contributed by atoms with Crippen LogP contribution >= 0.6 is 23.5 Å². The fourth-order valence-corrected chi connectivity index (χ4v) is 7.42. The van der Waals surface area contributed by atoms with Gasteiger partial charge in [-0.15, -0.1) is 23.5 Å². The number of hydrogen-bond acceptors (Lipinski definition) is 7. The van der Waals surface area contributed by atoms with Gasteiger partial charge in [0.1, 0.15) is 18.1 Å². The first-order chi connectivity index (χ1) is 15.4. The molecule has 0 spiro atoms. The average molecular weight is 490 g/mol. The van der Waals surface area contributed by atoms with Crippen molar-refractivity contribution in [2.24, 2.45) is 0 Å². The number of carbonyl (C=O) groups is 1. The van der Waals surface area contributed by atoms with E-state index in [0.29, 0.717) is 16.1 Å². The molecule has 4 rings (SSSR count). The Balaban J connectivity index is 1.48. The van der Waals surface area contributed by atoms with E-state index < -0.39 is 22.5 Å². The van der Waals surface area contributed by atoms with E-state index in [1.165, 1.54) is 24.0 Å². The monoisotopic (exact) mass is 489 g/mol. The molecule has 2 heterocycles. The normalized spacial score (nSPS) is 14.7. The van der Waals surface area contributed by atoms with Crippen molar-refractivity contribution in [3.63, 3.8) is 0 Å². The van der Waals surface area contributed by atoms with Gasteiger partial charge in [-0.2, -0.15) is 4.31 Å². The third-order valence-corrected chi connectivity index (χ3v) is 9.79. The smallest absolute Gasteiger partial charge is 0.326 e. The molecule has 9 heteroatoms. The lowest BCUT2D eigenvalue weighted by atomic mass is 10.2. The Labute approximate surface area is 196 Å². The van der Waals surface area contributed by atoms with Gasteiger partial charge < -0.3 is 9.15 Å². The summed E-state index contributed by atoms with van der Waals surface area (Å²) >= 11 is 3.80. The molecule has 1 saturated heterocycles. The van der Waals surface area contributed by atoms with Crippen molar-refractivity contribution in [1.29, 1.82) is 0 Å². The number of nitrogens with zero attached hydrogens (tertiary/aromatic N) is 1. The molecule has 0 unspecified atom stereocenters. The molecular formula is C23H23NO5S3. The number of rotatable bonds is 8. The second kappa shape index (κ2) is 10.2. The molecule has 168 valence electrons. The van der Waals surface area contributed by atoms with Gasteiger partial charge in [0.25, 0.3) is 0 Å². The van der Waals surface area contributed by atoms with Crippen LogP contribution in [0.5, 0.6) is 5.75 Å². The van der Waals surface area contributed by atoms with Crippen molar-refractivity contribution < 1.29 is 22.4 Å². The highest BCUT2D eigenvalue weighted by Gasteiger charge is 2.28. The molecule has 0 atom stereocenters. The maximum absolute atomic E-state index is 13.2. The second-order valence-electron chi connectivity index (χ2n) is 7.28. The maximum Gasteiger partial charge on any atom is 0.326 e. The van der Waals surface area contributed by atoms with Gasteiger partial charge in [0.05, 0.1) is 22.3 Å². The highest BCUT2D eigenvalue weighted by molar-refractivity contribution is 8.19. The summed E-state index contributed by atoms with van der Waals surface area (Å²) in [5.74, 6) is 2.42. The lowest BCUT2D eigenvalue weighted by Gasteiger charge is -2.20. The maximum atomic E-state index is 13.2. The molecule has 0 bridgehead atoms. The molecule has 1 aliphatic heterocycles. The highest BCUT2D eigenvalue weighted by atomic mass is 32.2. The SMILES string of the molecule is Cc1ccc(S(=O)(=O)N(CC(=O)Oc2ccc(C3SCCS3)cc2)Cc2ccco2)cc1. The molecule has 0 radical (unpaired) electrons. The predicted molar refractivity (Wildman–Crippen MR) is 127 cm³/mol. The Kier molecular flexibility index (Phi) is 7.30. The second-order valence-corrected chi connectivity index (χ2v) is 11.9. The van der Waals surface area contributed by atoms with E-state index in [4.69, 9.17) is 9.15 Å². The summed E-state index contributed by atoms with van der Waals surface area (Å²) in [6.07, 6.45) is 1.47. The third-order valence-electron chi connectivity index (χ3n) is 4.88. The van der Waals surface area contributed by atoms with E-state index in [0.717, 1.165) is 21.4 Å². The number of aryl methyl sites for hydroxylation is 1. The van der Waals surface area contributed by atoms with Crippen molar-refractivity contribution in [3.05, 3.63) is 83.8 Å². The number of benzene rings is 2. The third kappa shape index (κ3) is 5.58. The molecule has 0 aliphatic carbocycles. The minimum Gasteiger partial charge on any atom is -0.468 e. The van der Waals surface area contributed by atoms with Crippen LogP contribution in [0.15, 0.2) is 76.2 Å². The minimum absolute atomic E-state index is 0.0760. The van der Waals surface area contributed by atoms with Crippen LogP contribution in [0.4, 0.5) is 0 Å². The summed E-state index contributed by atoms with van der Waals surface area (Å²) in [6, 6.07) is 17.2. The molecule has 3 aromatic rings. The average Bonchev–Trinajstić information content (AvgIpc) is 3.49. The van der Waals surface area contributed by atoms with Crippen LogP contribution in [0.2, 0.25) is 0 Å². The zero-order valence-corrected chi connectivity index (χ0v) is 19.9. The molecule has 1 fully saturated rings. The van der Waals surface area contributed by atoms with Gasteiger partial charge in [-0.3, -0.25) is 4.79 Å². The summed E-state index contributed by atoms with van der Waals surface area (Å²) in [5, 5.41) is 0. The minimum atomic E-state index is -3.93. The largest absolute Gasteiger partial charge is 0.468 e. The number of ether oxygens (including phenoxy) is 1. The molecule has 1 aliphatic rings. The number of furan rings is 1. The van der Waals surface area contributed by atoms with Crippen molar-refractivity contribution in [3.8, 4) is 5.75 Å². The number of esters is 1. The van der Waals surface area contributed by atoms with Crippen molar-refractivity contribution in [2.45, 2.75) is 22.9 Å². The lowest BCUT2D eigenvalue weighted by molar-refractivity contribution is -0.134. The fourth-order valence-electron chi connectivity index (χ4n) is 3.21. The Morgan fingerprint density at radius 1 is 1.06 bits per heavy atom. The van der Waals surface area contributed by atoms with Crippen LogP contribution in [-0.4, -0.2) is 36.7 Å². The van der Waals surface area contributed by atoms with Crippen molar-refractivity contribution >= 4 is 39.5 Å². The summed E-state index contributed by atoms with van der Waals surface area (Å²) < 4.78 is 38.7. The van der Waals surface area contributed by atoms with Gasteiger partial charge in [-0.1, -0.05) is 29.8 Å². The fraction of sp³-hybridized carbons (Fsp3) is 0.261. The highest BCUT2D eigenvalue weighted by Crippen LogP contribution is 2.45. The van der Waals surface area contributed by atoms with Crippen LogP contribution in [0.25, 0.3) is 0 Å². The van der Waals surface area contributed by atoms with Gasteiger partial charge in [-0.05, 0) is 48.9 Å². The van der Waals surface area contributed by atoms with Gasteiger partial charge in [0.15, 0.2) is 0 Å². The summed E-state index contributed by atoms with van der Waals surface area (Å²) in [6.45, 7) is 1.37. The van der Waals surface area contributed by atoms with Crippen LogP contribution in [0, 0.1) is 6.92 Å². The summed E-state index contributed by atoms with van der Waals surface area (Å²) in [5.41, 5.74) is 2.12. The molecule has 32 heavy (non-hydrogen) atoms. The predicted octanol–water partition coefficient (Wildman–Crippen LogP) is 4.86. The van der Waals surface area contributed by atoms with E-state index in [1.807, 2.05) is 42.6 Å². The van der Waals surface area contributed by atoms with Gasteiger partial charge in [-0.25, -0.2) is 8.42 Å². The summed E-state index contributed by atoms with van der Waals surface area (Å²) in [4.78, 5) is 12.8. The Hall–Kier alpha value is -2.20. The van der Waals surface area contributed by atoms with E-state index >= 15 is 0 Å². The molecule has 1 aromatic heterocycles. The number of sulfonamides is 1. The molecule has 0 saturated carbocycles. The van der Waals surface area contributed by atoms with Crippen molar-refractivity contribution in [2.75, 3.05) is 18.1 Å². The van der Waals surface area contributed by atoms with E-state index in [-0.39, 0.29) is 11.4 Å². The zero-order chi connectivity index (χ0) is 22.6. The standard InChI is InChI=1S/C23H23NO5S3/c1-17-4-10-21(11-5-17)32(26,27)24(15-20-3-2-12-28-20)16-22(25)29-19-8-6-18(7-9-19)23-30-13-14-31-23/h2-12,23H,13-16H2,1H3. The van der Waals surface area contributed by atoms with Crippen LogP contribution in [-0.2, 0) is 21.4 Å². The summed E-state index contributed by atoms with van der Waals surface area (Å²) in [7, 11) is -3.93. The lowest BCUT2D eigenvalue weighted by Crippen LogP contribution is -2.36. The van der Waals surface area contributed by atoms with Crippen molar-refractivity contribution in [1.82, 2.24) is 4.31 Å². The van der Waals surface area contributed by atoms with Crippen LogP contribution in [0.3, 0.4) is 0 Å². The van der Waals surface area contributed by atoms with Crippen LogP contribution < -0.4 is 4.74 Å². The molecule has 2 aromatic carbocycles. The molecule has 0 amide bonds. The molecule has 0 N–H and O–H groups in total. The Morgan fingerprint density at radius 3 is 2.38 bits per heavy atom. The first kappa shape index (κ1) is 23.0. The quantitative estimate of drug-likeness (QED) is 0.330. The van der Waals surface area contributed by atoms with E-state index in [2.05, 4.69) is 0 Å². The van der Waals surface area contributed by atoms with Gasteiger partial charge >= 0.3 is 5.97 Å². The van der Waals surface area contributed by atoms with Gasteiger partial charge in [0.2, 0.25) is 10.0 Å². The van der Waals surface area contributed by atoms with Crippen LogP contribution in [0.1, 0.15) is 21.5 Å². The first-order valence-corrected chi connectivity index (χ1v) is 13.6. The number of hydrogen-bond donors (Lipinski definition) is 0. The first-order valence-electron chi connectivity index (χ1n) is 10.0. The van der Waals surface area contributed by atoms with Gasteiger partial charge in [0, 0.05) is 11.5 Å². The zero-order valence-electron chi connectivity index (χ0n) is 17.5. The van der Waals surface area contributed by atoms with E-state index in [9.17, 15) is 13.2 Å². The number of thioether (sulfide) groups is 2. The topological polar surface area (TPSA) is 76.8 Å². The van der Waals surface area contributed by atoms with E-state index in [1.54, 1.807) is 36.4 Å². The Morgan fingerprint density at radius 2 is 1.75 bits per heavy atom. The number of carbonyl (C=O) groups excluding carboxylic acids is 1. The Bertz CT molecular complexity index is 1140. The molecule has 6 nitrogen and oxygen atoms in total. The molecular weight excluding hydrogens is 466 g/mol.